The summed E-state index contributed by atoms with van der Waals surface area (Å²) in [5.41, 5.74) is 3.23. The normalized spacial score (nSPS) is 13.8. The van der Waals surface area contributed by atoms with E-state index in [1.165, 1.54) is 17.8 Å². The van der Waals surface area contributed by atoms with Crippen molar-refractivity contribution in [3.8, 4) is 28.6 Å². The molecule has 0 fully saturated rings. The molecule has 3 aromatic carbocycles. The highest BCUT2D eigenvalue weighted by Crippen LogP contribution is 2.41. The van der Waals surface area contributed by atoms with Crippen molar-refractivity contribution < 1.29 is 28.5 Å². The Morgan fingerprint density at radius 3 is 2.71 bits per heavy atom. The molecule has 11 heteroatoms. The molecule has 0 saturated heterocycles. The number of carbonyl (C=O) groups is 1. The highest BCUT2D eigenvalue weighted by Gasteiger charge is 2.27. The van der Waals surface area contributed by atoms with E-state index in [-0.39, 0.29) is 11.7 Å². The fraction of sp³-hybridized carbons (Fsp3) is 0.185. The summed E-state index contributed by atoms with van der Waals surface area (Å²) in [6.45, 7) is 1.69. The van der Waals surface area contributed by atoms with Crippen LogP contribution in [0.2, 0.25) is 0 Å². The topological polar surface area (TPSA) is 116 Å². The van der Waals surface area contributed by atoms with Gasteiger partial charge in [0.25, 0.3) is 0 Å². The average Bonchev–Trinajstić information content (AvgIpc) is 3.08. The molecule has 1 aromatic heterocycles. The van der Waals surface area contributed by atoms with Gasteiger partial charge in [0.1, 0.15) is 5.82 Å². The molecule has 2 heterocycles. The predicted octanol–water partition coefficient (Wildman–Crippen LogP) is 5.34. The zero-order valence-corrected chi connectivity index (χ0v) is 21.1. The van der Waals surface area contributed by atoms with Crippen molar-refractivity contribution in [1.29, 1.82) is 0 Å². The summed E-state index contributed by atoms with van der Waals surface area (Å²) < 4.78 is 31.5. The first kappa shape index (κ1) is 25.3. The number of aromatic nitrogens is 3. The van der Waals surface area contributed by atoms with Crippen LogP contribution < -0.4 is 19.5 Å². The molecule has 1 unspecified atom stereocenters. The number of para-hydroxylation sites is 1. The first-order valence-electron chi connectivity index (χ1n) is 11.8. The van der Waals surface area contributed by atoms with Gasteiger partial charge < -0.3 is 24.6 Å². The summed E-state index contributed by atoms with van der Waals surface area (Å²) in [7, 11) is 0. The number of nitrogens with one attached hydrogen (secondary N) is 1. The van der Waals surface area contributed by atoms with E-state index in [9.17, 15) is 9.18 Å². The van der Waals surface area contributed by atoms with Gasteiger partial charge in [-0.25, -0.2) is 9.18 Å². The molecule has 1 aliphatic heterocycles. The average molecular weight is 535 g/mol. The van der Waals surface area contributed by atoms with Crippen LogP contribution in [-0.4, -0.2) is 39.5 Å². The molecule has 4 aromatic rings. The highest BCUT2D eigenvalue weighted by atomic mass is 32.2. The number of hydrogen-bond acceptors (Lipinski definition) is 9. The maximum absolute atomic E-state index is 14.1. The van der Waals surface area contributed by atoms with E-state index in [1.54, 1.807) is 36.4 Å². The molecule has 5 rings (SSSR count). The van der Waals surface area contributed by atoms with Gasteiger partial charge in [0.05, 0.1) is 6.61 Å². The van der Waals surface area contributed by atoms with Crippen LogP contribution in [0.5, 0.6) is 17.4 Å². The number of thioether (sulfide) groups is 1. The van der Waals surface area contributed by atoms with Crippen molar-refractivity contribution in [2.45, 2.75) is 24.1 Å². The lowest BCUT2D eigenvalue weighted by molar-refractivity contribution is -0.139. The number of halogens is 1. The fourth-order valence-electron chi connectivity index (χ4n) is 3.83. The standard InChI is InChI=1S/C27H23FN4O5S/c1-2-35-22-13-16(11-12-21(22)36-14-23(33)34)25-29-20-10-6-4-8-18(20)24-26(37-25)30-27(32-31-24)38-15-17-7-3-5-9-19(17)28/h3-13,25,29H,2,14-15H2,1H3,(H,33,34). The summed E-state index contributed by atoms with van der Waals surface area (Å²) in [5, 5.41) is 21.3. The van der Waals surface area contributed by atoms with Crippen LogP contribution in [0.4, 0.5) is 10.1 Å². The lowest BCUT2D eigenvalue weighted by atomic mass is 10.1. The number of ether oxygens (including phenoxy) is 3. The van der Waals surface area contributed by atoms with Crippen LogP contribution in [0, 0.1) is 5.82 Å². The van der Waals surface area contributed by atoms with Gasteiger partial charge in [-0.15, -0.1) is 10.2 Å². The molecule has 0 bridgehead atoms. The van der Waals surface area contributed by atoms with Crippen molar-refractivity contribution in [2.24, 2.45) is 0 Å². The Morgan fingerprint density at radius 1 is 1.08 bits per heavy atom. The SMILES string of the molecule is CCOc1cc(C2Nc3ccccc3-c3nnc(SCc4ccccc4F)nc3O2)ccc1OCC(=O)O. The summed E-state index contributed by atoms with van der Waals surface area (Å²) in [5.74, 6) is -0.0874. The van der Waals surface area contributed by atoms with Gasteiger partial charge in [-0.1, -0.05) is 48.2 Å². The van der Waals surface area contributed by atoms with E-state index < -0.39 is 18.8 Å². The zero-order valence-electron chi connectivity index (χ0n) is 20.3. The summed E-state index contributed by atoms with van der Waals surface area (Å²) in [4.78, 5) is 15.6. The van der Waals surface area contributed by atoms with Gasteiger partial charge in [0.2, 0.25) is 11.0 Å². The largest absolute Gasteiger partial charge is 0.490 e. The van der Waals surface area contributed by atoms with Crippen LogP contribution in [0.3, 0.4) is 0 Å². The molecule has 1 aliphatic rings. The van der Waals surface area contributed by atoms with Gasteiger partial charge in [0.15, 0.2) is 30.0 Å². The van der Waals surface area contributed by atoms with Crippen LogP contribution in [0.1, 0.15) is 24.3 Å². The molecule has 9 nitrogen and oxygen atoms in total. The minimum absolute atomic E-state index is 0.266. The fourth-order valence-corrected chi connectivity index (χ4v) is 4.60. The van der Waals surface area contributed by atoms with E-state index in [4.69, 9.17) is 19.3 Å². The Morgan fingerprint density at radius 2 is 1.89 bits per heavy atom. The lowest BCUT2D eigenvalue weighted by Crippen LogP contribution is -2.17. The van der Waals surface area contributed by atoms with Crippen molar-refractivity contribution >= 4 is 23.4 Å². The third-order valence-corrected chi connectivity index (χ3v) is 6.46. The van der Waals surface area contributed by atoms with Crippen molar-refractivity contribution in [2.75, 3.05) is 18.5 Å². The van der Waals surface area contributed by atoms with Crippen LogP contribution >= 0.6 is 11.8 Å². The third kappa shape index (κ3) is 5.62. The maximum atomic E-state index is 14.1. The van der Waals surface area contributed by atoms with Crippen LogP contribution in [0.25, 0.3) is 11.3 Å². The molecule has 1 atom stereocenters. The maximum Gasteiger partial charge on any atom is 0.341 e. The third-order valence-electron chi connectivity index (χ3n) is 5.57. The quantitative estimate of drug-likeness (QED) is 0.273. The molecule has 194 valence electrons. The molecule has 0 aliphatic carbocycles. The zero-order chi connectivity index (χ0) is 26.5. The van der Waals surface area contributed by atoms with Crippen molar-refractivity contribution in [3.63, 3.8) is 0 Å². The Labute approximate surface area is 222 Å². The van der Waals surface area contributed by atoms with Crippen LogP contribution in [-0.2, 0) is 10.5 Å². The van der Waals surface area contributed by atoms with E-state index in [1.807, 2.05) is 31.2 Å². The predicted molar refractivity (Wildman–Crippen MR) is 139 cm³/mol. The summed E-state index contributed by atoms with van der Waals surface area (Å²) in [6, 6.07) is 19.2. The minimum atomic E-state index is -1.09. The Balaban J connectivity index is 1.47. The van der Waals surface area contributed by atoms with E-state index >= 15 is 0 Å². The van der Waals surface area contributed by atoms with Crippen molar-refractivity contribution in [1.82, 2.24) is 15.2 Å². The Bertz CT molecular complexity index is 1470. The smallest absolute Gasteiger partial charge is 0.341 e. The van der Waals surface area contributed by atoms with Crippen molar-refractivity contribution in [3.05, 3.63) is 83.7 Å². The second-order valence-corrected chi connectivity index (χ2v) is 9.08. The van der Waals surface area contributed by atoms with Gasteiger partial charge in [-0.2, -0.15) is 4.98 Å². The molecule has 0 radical (unpaired) electrons. The molecular weight excluding hydrogens is 511 g/mol. The number of carboxylic acid groups (broad SMARTS) is 1. The number of nitrogens with zero attached hydrogens (tertiary/aromatic N) is 3. The number of hydrogen-bond donors (Lipinski definition) is 2. The molecule has 0 spiro atoms. The Hall–Kier alpha value is -4.38. The van der Waals surface area contributed by atoms with E-state index in [0.717, 1.165) is 11.3 Å². The minimum Gasteiger partial charge on any atom is -0.490 e. The second kappa shape index (κ2) is 11.3. The number of anilines is 1. The molecular formula is C27H23FN4O5S. The number of fused-ring (bicyclic) bond motifs is 3. The summed E-state index contributed by atoms with van der Waals surface area (Å²) >= 11 is 1.25. The molecule has 0 amide bonds. The molecule has 38 heavy (non-hydrogen) atoms. The van der Waals surface area contributed by atoms with Crippen LogP contribution in [0.15, 0.2) is 71.9 Å². The van der Waals surface area contributed by atoms with Gasteiger partial charge in [-0.3, -0.25) is 0 Å². The monoisotopic (exact) mass is 534 g/mol. The number of carboxylic acids is 1. The highest BCUT2D eigenvalue weighted by molar-refractivity contribution is 7.98. The first-order valence-corrected chi connectivity index (χ1v) is 12.7. The number of aliphatic carboxylic acids is 1. The molecule has 2 N–H and O–H groups in total. The van der Waals surface area contributed by atoms with Gasteiger partial charge in [-0.05, 0) is 42.8 Å². The second-order valence-electron chi connectivity index (χ2n) is 8.14. The molecule has 0 saturated carbocycles. The van der Waals surface area contributed by atoms with E-state index in [2.05, 4.69) is 20.5 Å². The summed E-state index contributed by atoms with van der Waals surface area (Å²) in [6.07, 6.45) is -0.689. The number of rotatable bonds is 9. The van der Waals surface area contributed by atoms with Gasteiger partial charge >= 0.3 is 5.97 Å². The Kier molecular flexibility index (Phi) is 7.55. The first-order chi connectivity index (χ1) is 18.5. The van der Waals surface area contributed by atoms with E-state index in [0.29, 0.717) is 45.8 Å². The lowest BCUT2D eigenvalue weighted by Gasteiger charge is -2.21. The number of benzene rings is 3. The van der Waals surface area contributed by atoms with Gasteiger partial charge in [0, 0.05) is 22.6 Å².